The van der Waals surface area contributed by atoms with Gasteiger partial charge < -0.3 is 15.1 Å². The Balaban J connectivity index is 1.58. The third kappa shape index (κ3) is 3.64. The molecule has 2 aliphatic heterocycles. The van der Waals surface area contributed by atoms with Crippen molar-refractivity contribution in [2.24, 2.45) is 0 Å². The van der Waals surface area contributed by atoms with Crippen LogP contribution in [0.25, 0.3) is 0 Å². The van der Waals surface area contributed by atoms with Crippen LogP contribution in [0.5, 0.6) is 0 Å². The standard InChI is InChI=1S/C20H26N6O/c1-21-19-16-7-10-25(2)13-17(16)23-18(24-19)15-6-4-9-26(12-15)20(27)14-5-3-8-22-11-14/h3,5,8,11,15H,4,6-7,9-10,12-13H2,1-2H3,(H,21,23,24). The first-order valence-electron chi connectivity index (χ1n) is 9.61. The fourth-order valence-corrected chi connectivity index (χ4v) is 4.01. The van der Waals surface area contributed by atoms with Gasteiger partial charge in [-0.05, 0) is 38.4 Å². The van der Waals surface area contributed by atoms with Crippen molar-refractivity contribution in [2.75, 3.05) is 39.0 Å². The lowest BCUT2D eigenvalue weighted by atomic mass is 9.95. The van der Waals surface area contributed by atoms with Crippen LogP contribution in [-0.4, -0.2) is 64.4 Å². The van der Waals surface area contributed by atoms with E-state index in [9.17, 15) is 4.79 Å². The number of rotatable bonds is 3. The van der Waals surface area contributed by atoms with E-state index in [0.29, 0.717) is 12.1 Å². The first-order chi connectivity index (χ1) is 13.2. The maximum absolute atomic E-state index is 12.8. The number of piperidine rings is 1. The maximum atomic E-state index is 12.8. The van der Waals surface area contributed by atoms with Gasteiger partial charge in [0.1, 0.15) is 11.6 Å². The SMILES string of the molecule is CNc1nc(C2CCCN(C(=O)c3cccnc3)C2)nc2c1CCN(C)C2. The van der Waals surface area contributed by atoms with E-state index in [4.69, 9.17) is 9.97 Å². The van der Waals surface area contributed by atoms with Gasteiger partial charge in [0.25, 0.3) is 5.91 Å². The number of hydrogen-bond donors (Lipinski definition) is 1. The topological polar surface area (TPSA) is 74.2 Å². The van der Waals surface area contributed by atoms with Crippen LogP contribution in [0.2, 0.25) is 0 Å². The van der Waals surface area contributed by atoms with Crippen molar-refractivity contribution in [3.8, 4) is 0 Å². The van der Waals surface area contributed by atoms with Crippen LogP contribution >= 0.6 is 0 Å². The van der Waals surface area contributed by atoms with Gasteiger partial charge in [-0.3, -0.25) is 9.78 Å². The molecule has 2 aliphatic rings. The molecule has 1 amide bonds. The Hall–Kier alpha value is -2.54. The van der Waals surface area contributed by atoms with E-state index < -0.39 is 0 Å². The van der Waals surface area contributed by atoms with Crippen LogP contribution in [0.4, 0.5) is 5.82 Å². The largest absolute Gasteiger partial charge is 0.373 e. The highest BCUT2D eigenvalue weighted by molar-refractivity contribution is 5.94. The number of anilines is 1. The number of nitrogens with one attached hydrogen (secondary N) is 1. The number of amides is 1. The average Bonchev–Trinajstić information content (AvgIpc) is 2.72. The van der Waals surface area contributed by atoms with E-state index >= 15 is 0 Å². The Kier molecular flexibility index (Phi) is 5.03. The first kappa shape index (κ1) is 17.9. The molecule has 142 valence electrons. The first-order valence-corrected chi connectivity index (χ1v) is 9.61. The summed E-state index contributed by atoms with van der Waals surface area (Å²) in [4.78, 5) is 30.8. The molecule has 2 aromatic heterocycles. The van der Waals surface area contributed by atoms with Crippen LogP contribution in [0.1, 0.15) is 46.2 Å². The summed E-state index contributed by atoms with van der Waals surface area (Å²) >= 11 is 0. The molecule has 0 saturated carbocycles. The van der Waals surface area contributed by atoms with Gasteiger partial charge in [0.05, 0.1) is 11.3 Å². The van der Waals surface area contributed by atoms with Crippen molar-refractivity contribution < 1.29 is 4.79 Å². The van der Waals surface area contributed by atoms with Crippen molar-refractivity contribution in [3.63, 3.8) is 0 Å². The van der Waals surface area contributed by atoms with E-state index in [1.54, 1.807) is 18.5 Å². The van der Waals surface area contributed by atoms with Crippen LogP contribution in [-0.2, 0) is 13.0 Å². The Morgan fingerprint density at radius 2 is 2.19 bits per heavy atom. The monoisotopic (exact) mass is 366 g/mol. The molecule has 2 aromatic rings. The Morgan fingerprint density at radius 3 is 2.96 bits per heavy atom. The maximum Gasteiger partial charge on any atom is 0.255 e. The second-order valence-electron chi connectivity index (χ2n) is 7.43. The Morgan fingerprint density at radius 1 is 1.30 bits per heavy atom. The number of carbonyl (C=O) groups excluding carboxylic acids is 1. The van der Waals surface area contributed by atoms with Crippen LogP contribution in [0, 0.1) is 0 Å². The van der Waals surface area contributed by atoms with Crippen LogP contribution < -0.4 is 5.32 Å². The molecular weight excluding hydrogens is 340 g/mol. The third-order valence-corrected chi connectivity index (χ3v) is 5.49. The van der Waals surface area contributed by atoms with Gasteiger partial charge in [0, 0.05) is 57.1 Å². The molecule has 4 rings (SSSR count). The molecule has 7 nitrogen and oxygen atoms in total. The summed E-state index contributed by atoms with van der Waals surface area (Å²) in [6, 6.07) is 3.63. The van der Waals surface area contributed by atoms with E-state index in [0.717, 1.165) is 56.2 Å². The molecule has 1 N–H and O–H groups in total. The minimum atomic E-state index is 0.0410. The molecule has 4 heterocycles. The third-order valence-electron chi connectivity index (χ3n) is 5.49. The van der Waals surface area contributed by atoms with E-state index in [1.165, 1.54) is 5.56 Å². The van der Waals surface area contributed by atoms with Crippen molar-refractivity contribution in [1.82, 2.24) is 24.8 Å². The van der Waals surface area contributed by atoms with Crippen molar-refractivity contribution in [1.29, 1.82) is 0 Å². The number of fused-ring (bicyclic) bond motifs is 1. The van der Waals surface area contributed by atoms with E-state index in [-0.39, 0.29) is 11.8 Å². The number of carbonyl (C=O) groups is 1. The summed E-state index contributed by atoms with van der Waals surface area (Å²) in [5.74, 6) is 2.01. The fraction of sp³-hybridized carbons (Fsp3) is 0.500. The molecule has 7 heteroatoms. The van der Waals surface area contributed by atoms with Gasteiger partial charge in [0.15, 0.2) is 0 Å². The predicted molar refractivity (Wildman–Crippen MR) is 104 cm³/mol. The van der Waals surface area contributed by atoms with Crippen LogP contribution in [0.15, 0.2) is 24.5 Å². The van der Waals surface area contributed by atoms with Gasteiger partial charge in [-0.2, -0.15) is 0 Å². The van der Waals surface area contributed by atoms with Crippen molar-refractivity contribution in [2.45, 2.75) is 31.7 Å². The average molecular weight is 366 g/mol. The highest BCUT2D eigenvalue weighted by Gasteiger charge is 2.29. The summed E-state index contributed by atoms with van der Waals surface area (Å²) in [5.41, 5.74) is 2.99. The van der Waals surface area contributed by atoms with Crippen LogP contribution in [0.3, 0.4) is 0 Å². The highest BCUT2D eigenvalue weighted by atomic mass is 16.2. The summed E-state index contributed by atoms with van der Waals surface area (Å²) in [7, 11) is 4.04. The molecule has 1 atom stereocenters. The molecule has 0 aromatic carbocycles. The van der Waals surface area contributed by atoms with Gasteiger partial charge in [-0.25, -0.2) is 9.97 Å². The minimum Gasteiger partial charge on any atom is -0.373 e. The normalized spacial score (nSPS) is 20.2. The zero-order valence-corrected chi connectivity index (χ0v) is 16.0. The Labute approximate surface area is 159 Å². The molecule has 1 fully saturated rings. The quantitative estimate of drug-likeness (QED) is 0.895. The zero-order valence-electron chi connectivity index (χ0n) is 16.0. The number of likely N-dealkylation sites (tertiary alicyclic amines) is 1. The highest BCUT2D eigenvalue weighted by Crippen LogP contribution is 2.30. The fourth-order valence-electron chi connectivity index (χ4n) is 4.01. The van der Waals surface area contributed by atoms with Crippen molar-refractivity contribution in [3.05, 3.63) is 47.2 Å². The van der Waals surface area contributed by atoms with Gasteiger partial charge in [0.2, 0.25) is 0 Å². The molecule has 1 saturated heterocycles. The second kappa shape index (κ2) is 7.60. The lowest BCUT2D eigenvalue weighted by Gasteiger charge is -2.33. The molecule has 0 radical (unpaired) electrons. The van der Waals surface area contributed by atoms with Gasteiger partial charge >= 0.3 is 0 Å². The minimum absolute atomic E-state index is 0.0410. The Bertz CT molecular complexity index is 825. The summed E-state index contributed by atoms with van der Waals surface area (Å²) in [6.45, 7) is 3.31. The van der Waals surface area contributed by atoms with E-state index in [2.05, 4.69) is 22.2 Å². The summed E-state index contributed by atoms with van der Waals surface area (Å²) < 4.78 is 0. The second-order valence-corrected chi connectivity index (χ2v) is 7.43. The number of nitrogens with zero attached hydrogens (tertiary/aromatic N) is 5. The summed E-state index contributed by atoms with van der Waals surface area (Å²) in [5, 5.41) is 3.25. The molecule has 27 heavy (non-hydrogen) atoms. The molecule has 0 spiro atoms. The summed E-state index contributed by atoms with van der Waals surface area (Å²) in [6.07, 6.45) is 6.27. The lowest BCUT2D eigenvalue weighted by molar-refractivity contribution is 0.0704. The number of hydrogen-bond acceptors (Lipinski definition) is 6. The molecule has 1 unspecified atom stereocenters. The van der Waals surface area contributed by atoms with Gasteiger partial charge in [-0.15, -0.1) is 0 Å². The molecule has 0 bridgehead atoms. The predicted octanol–water partition coefficient (Wildman–Crippen LogP) is 1.92. The lowest BCUT2D eigenvalue weighted by Crippen LogP contribution is -2.40. The van der Waals surface area contributed by atoms with E-state index in [1.807, 2.05) is 18.0 Å². The number of aromatic nitrogens is 3. The zero-order chi connectivity index (χ0) is 18.8. The van der Waals surface area contributed by atoms with Crippen molar-refractivity contribution >= 4 is 11.7 Å². The van der Waals surface area contributed by atoms with Gasteiger partial charge in [-0.1, -0.05) is 0 Å². The smallest absolute Gasteiger partial charge is 0.255 e. The number of pyridine rings is 1. The molecular formula is C20H26N6O. The number of likely N-dealkylation sites (N-methyl/N-ethyl adjacent to an activating group) is 1. The molecule has 0 aliphatic carbocycles.